The van der Waals surface area contributed by atoms with E-state index in [-0.39, 0.29) is 16.8 Å². The fraction of sp³-hybridized carbons (Fsp3) is 0.786. The highest BCUT2D eigenvalue weighted by Crippen LogP contribution is 2.31. The molecule has 1 rings (SSSR count). The second-order valence-electron chi connectivity index (χ2n) is 5.52. The first-order chi connectivity index (χ1) is 9.39. The zero-order chi connectivity index (χ0) is 15.3. The van der Waals surface area contributed by atoms with Crippen molar-refractivity contribution in [2.75, 3.05) is 13.6 Å². The second-order valence-corrected chi connectivity index (χ2v) is 5.96. The lowest BCUT2D eigenvalue weighted by Crippen LogP contribution is -2.53. The Morgan fingerprint density at radius 3 is 2.35 bits per heavy atom. The number of likely N-dealkylation sites (N-methyl/N-ethyl adjacent to an activating group) is 1. The van der Waals surface area contributed by atoms with Gasteiger partial charge >= 0.3 is 0 Å². The Morgan fingerprint density at radius 1 is 1.45 bits per heavy atom. The van der Waals surface area contributed by atoms with Crippen molar-refractivity contribution in [1.29, 1.82) is 0 Å². The molecule has 3 N–H and O–H groups in total. The predicted molar refractivity (Wildman–Crippen MR) is 83.2 cm³/mol. The van der Waals surface area contributed by atoms with Gasteiger partial charge in [0.1, 0.15) is 6.04 Å². The first-order valence-electron chi connectivity index (χ1n) is 7.25. The van der Waals surface area contributed by atoms with E-state index in [1.807, 2.05) is 13.8 Å². The summed E-state index contributed by atoms with van der Waals surface area (Å²) in [5, 5.41) is 2.85. The molecule has 0 aromatic carbocycles. The van der Waals surface area contributed by atoms with Crippen LogP contribution in [0.4, 0.5) is 0 Å². The third-order valence-corrected chi connectivity index (χ3v) is 4.38. The summed E-state index contributed by atoms with van der Waals surface area (Å²) in [6.45, 7) is 4.68. The average Bonchev–Trinajstić information content (AvgIpc) is 2.70. The first-order valence-corrected chi connectivity index (χ1v) is 7.65. The van der Waals surface area contributed by atoms with Crippen molar-refractivity contribution in [2.45, 2.75) is 52.0 Å². The third kappa shape index (κ3) is 3.29. The molecule has 0 spiro atoms. The van der Waals surface area contributed by atoms with Gasteiger partial charge in [-0.2, -0.15) is 0 Å². The van der Waals surface area contributed by atoms with Gasteiger partial charge < -0.3 is 16.0 Å². The van der Waals surface area contributed by atoms with Crippen molar-refractivity contribution in [3.8, 4) is 0 Å². The molecule has 0 aromatic heterocycles. The summed E-state index contributed by atoms with van der Waals surface area (Å²) >= 11 is 5.15. The highest BCUT2D eigenvalue weighted by molar-refractivity contribution is 7.80. The van der Waals surface area contributed by atoms with Gasteiger partial charge in [-0.25, -0.2) is 0 Å². The number of amides is 2. The number of nitrogens with zero attached hydrogens (tertiary/aromatic N) is 1. The molecule has 6 heteroatoms. The fourth-order valence-electron chi connectivity index (χ4n) is 2.82. The Balaban J connectivity index is 2.88. The van der Waals surface area contributed by atoms with Gasteiger partial charge in [0.15, 0.2) is 0 Å². The molecular formula is C14H25N3O2S. The molecule has 1 aliphatic heterocycles. The van der Waals surface area contributed by atoms with Crippen LogP contribution in [0.3, 0.4) is 0 Å². The molecule has 1 aliphatic rings. The van der Waals surface area contributed by atoms with E-state index in [9.17, 15) is 9.59 Å². The Kier molecular flexibility index (Phi) is 5.92. The highest BCUT2D eigenvalue weighted by atomic mass is 32.1. The van der Waals surface area contributed by atoms with E-state index in [1.54, 1.807) is 11.9 Å². The van der Waals surface area contributed by atoms with Gasteiger partial charge in [0.25, 0.3) is 0 Å². The van der Waals surface area contributed by atoms with Crippen molar-refractivity contribution >= 4 is 29.0 Å². The van der Waals surface area contributed by atoms with Gasteiger partial charge in [-0.05, 0) is 19.3 Å². The number of nitrogens with one attached hydrogen (secondary N) is 1. The lowest BCUT2D eigenvalue weighted by molar-refractivity contribution is -0.134. The van der Waals surface area contributed by atoms with Gasteiger partial charge in [0, 0.05) is 13.6 Å². The average molecular weight is 299 g/mol. The summed E-state index contributed by atoms with van der Waals surface area (Å²) in [6, 6.07) is -0.435. The number of hydrogen-bond donors (Lipinski definition) is 2. The number of rotatable bonds is 7. The minimum absolute atomic E-state index is 0.0387. The van der Waals surface area contributed by atoms with Crippen molar-refractivity contribution in [3.05, 3.63) is 0 Å². The van der Waals surface area contributed by atoms with E-state index in [0.29, 0.717) is 25.8 Å². The van der Waals surface area contributed by atoms with Crippen LogP contribution in [0.2, 0.25) is 0 Å². The Hall–Kier alpha value is -1.17. The van der Waals surface area contributed by atoms with Crippen LogP contribution in [0.1, 0.15) is 46.0 Å². The number of likely N-dealkylation sites (tertiary alicyclic amines) is 1. The summed E-state index contributed by atoms with van der Waals surface area (Å²) in [7, 11) is 1.74. The van der Waals surface area contributed by atoms with Crippen LogP contribution in [0.25, 0.3) is 0 Å². The van der Waals surface area contributed by atoms with Crippen LogP contribution in [0.5, 0.6) is 0 Å². The van der Waals surface area contributed by atoms with Gasteiger partial charge in [0.2, 0.25) is 11.8 Å². The molecule has 1 saturated heterocycles. The van der Waals surface area contributed by atoms with Gasteiger partial charge in [-0.1, -0.05) is 38.9 Å². The Labute approximate surface area is 126 Å². The molecule has 20 heavy (non-hydrogen) atoms. The number of hydrogen-bond acceptors (Lipinski definition) is 3. The summed E-state index contributed by atoms with van der Waals surface area (Å²) in [5.41, 5.74) is 5.04. The summed E-state index contributed by atoms with van der Waals surface area (Å²) in [6.07, 6.45) is 3.54. The molecule has 1 atom stereocenters. The van der Waals surface area contributed by atoms with Crippen LogP contribution in [0, 0.1) is 5.41 Å². The molecule has 1 unspecified atom stereocenters. The topological polar surface area (TPSA) is 75.4 Å². The van der Waals surface area contributed by atoms with Crippen molar-refractivity contribution in [1.82, 2.24) is 10.2 Å². The van der Waals surface area contributed by atoms with Crippen LogP contribution in [-0.4, -0.2) is 41.3 Å². The van der Waals surface area contributed by atoms with Gasteiger partial charge in [0.05, 0.1) is 10.4 Å². The SMILES string of the molecule is CCCC(CCC)(C(=O)NC1CCN(C)C1=O)C(N)=S. The van der Waals surface area contributed by atoms with Crippen molar-refractivity contribution < 1.29 is 9.59 Å². The second kappa shape index (κ2) is 7.02. The molecule has 114 valence electrons. The quantitative estimate of drug-likeness (QED) is 0.693. The van der Waals surface area contributed by atoms with E-state index in [1.165, 1.54) is 0 Å². The molecule has 0 radical (unpaired) electrons. The zero-order valence-corrected chi connectivity index (χ0v) is 13.4. The standard InChI is InChI=1S/C14H25N3O2S/c1-4-7-14(8-5-2,12(15)20)13(19)16-10-6-9-17(3)11(10)18/h10H,4-9H2,1-3H3,(H2,15,20)(H,16,19). The largest absolute Gasteiger partial charge is 0.392 e. The molecule has 0 saturated carbocycles. The maximum absolute atomic E-state index is 12.6. The molecule has 2 amide bonds. The van der Waals surface area contributed by atoms with E-state index in [2.05, 4.69) is 5.32 Å². The summed E-state index contributed by atoms with van der Waals surface area (Å²) < 4.78 is 0. The third-order valence-electron chi connectivity index (χ3n) is 3.99. The Bertz CT molecular complexity index is 392. The fourth-order valence-corrected chi connectivity index (χ4v) is 3.11. The first kappa shape index (κ1) is 16.9. The van der Waals surface area contributed by atoms with E-state index in [0.717, 1.165) is 12.8 Å². The minimum atomic E-state index is -0.819. The normalized spacial score (nSPS) is 19.2. The van der Waals surface area contributed by atoms with Gasteiger partial charge in [-0.3, -0.25) is 9.59 Å². The lowest BCUT2D eigenvalue weighted by atomic mass is 9.78. The number of carbonyl (C=O) groups is 2. The van der Waals surface area contributed by atoms with Gasteiger partial charge in [-0.15, -0.1) is 0 Å². The van der Waals surface area contributed by atoms with E-state index >= 15 is 0 Å². The lowest BCUT2D eigenvalue weighted by Gasteiger charge is -2.32. The smallest absolute Gasteiger partial charge is 0.244 e. The van der Waals surface area contributed by atoms with Crippen molar-refractivity contribution in [3.63, 3.8) is 0 Å². The molecule has 1 heterocycles. The zero-order valence-electron chi connectivity index (χ0n) is 12.6. The predicted octanol–water partition coefficient (Wildman–Crippen LogP) is 1.21. The monoisotopic (exact) mass is 299 g/mol. The van der Waals surface area contributed by atoms with Crippen LogP contribution >= 0.6 is 12.2 Å². The summed E-state index contributed by atoms with van der Waals surface area (Å²) in [5.74, 6) is -0.231. The number of carbonyl (C=O) groups excluding carboxylic acids is 2. The number of nitrogens with two attached hydrogens (primary N) is 1. The van der Waals surface area contributed by atoms with E-state index in [4.69, 9.17) is 18.0 Å². The molecule has 0 bridgehead atoms. The molecular weight excluding hydrogens is 274 g/mol. The van der Waals surface area contributed by atoms with Crippen LogP contribution in [0.15, 0.2) is 0 Å². The molecule has 1 fully saturated rings. The van der Waals surface area contributed by atoms with Crippen molar-refractivity contribution in [2.24, 2.45) is 11.1 Å². The van der Waals surface area contributed by atoms with Crippen LogP contribution in [-0.2, 0) is 9.59 Å². The van der Waals surface area contributed by atoms with E-state index < -0.39 is 11.5 Å². The Morgan fingerprint density at radius 2 is 2.00 bits per heavy atom. The maximum atomic E-state index is 12.6. The summed E-state index contributed by atoms with van der Waals surface area (Å²) in [4.78, 5) is 26.4. The molecule has 0 aromatic rings. The molecule has 5 nitrogen and oxygen atoms in total. The highest BCUT2D eigenvalue weighted by Gasteiger charge is 2.42. The number of thiocarbonyl (C=S) groups is 1. The van der Waals surface area contributed by atoms with Crippen LogP contribution < -0.4 is 11.1 Å². The maximum Gasteiger partial charge on any atom is 0.244 e. The molecule has 0 aliphatic carbocycles. The minimum Gasteiger partial charge on any atom is -0.392 e.